The molecule has 154 valence electrons. The number of rotatable bonds is 5. The van der Waals surface area contributed by atoms with E-state index in [0.717, 1.165) is 16.8 Å². The monoisotopic (exact) mass is 433 g/mol. The normalized spacial score (nSPS) is 16.2. The van der Waals surface area contributed by atoms with Crippen molar-refractivity contribution in [2.24, 2.45) is 5.16 Å². The van der Waals surface area contributed by atoms with Crippen LogP contribution in [0.1, 0.15) is 38.3 Å². The number of hydrogen-bond donors (Lipinski definition) is 1. The number of carbonyl (C=O) groups excluding carboxylic acids is 1. The SMILES string of the molecule is CC(C)(C)NC(=O)N(Cc1cccc(Cl)c1)C[C@H]1CC(c2ccc(Cl)cc2)=NO1. The minimum Gasteiger partial charge on any atom is -0.390 e. The summed E-state index contributed by atoms with van der Waals surface area (Å²) in [6.45, 7) is 6.70. The molecule has 0 fully saturated rings. The van der Waals surface area contributed by atoms with Crippen LogP contribution >= 0.6 is 23.2 Å². The molecule has 7 heteroatoms. The summed E-state index contributed by atoms with van der Waals surface area (Å²) in [5.41, 5.74) is 2.44. The molecule has 0 unspecified atom stereocenters. The number of halogens is 2. The van der Waals surface area contributed by atoms with E-state index in [0.29, 0.717) is 29.6 Å². The van der Waals surface area contributed by atoms with E-state index < -0.39 is 0 Å². The minimum absolute atomic E-state index is 0.152. The van der Waals surface area contributed by atoms with Gasteiger partial charge in [-0.1, -0.05) is 52.6 Å². The fourth-order valence-electron chi connectivity index (χ4n) is 3.06. The lowest BCUT2D eigenvalue weighted by atomic mass is 10.0. The van der Waals surface area contributed by atoms with E-state index in [-0.39, 0.29) is 17.7 Å². The average molecular weight is 434 g/mol. The fourth-order valence-corrected chi connectivity index (χ4v) is 3.40. The Balaban J connectivity index is 1.69. The van der Waals surface area contributed by atoms with E-state index in [9.17, 15) is 4.79 Å². The molecule has 1 aliphatic heterocycles. The van der Waals surface area contributed by atoms with Gasteiger partial charge in [0.15, 0.2) is 6.10 Å². The summed E-state index contributed by atoms with van der Waals surface area (Å²) < 4.78 is 0. The summed E-state index contributed by atoms with van der Waals surface area (Å²) in [4.78, 5) is 20.3. The molecule has 2 aromatic rings. The molecular formula is C22H25Cl2N3O2. The molecule has 0 saturated heterocycles. The Bertz CT molecular complexity index is 892. The number of nitrogens with zero attached hydrogens (tertiary/aromatic N) is 2. The first kappa shape index (κ1) is 21.5. The maximum atomic E-state index is 12.9. The highest BCUT2D eigenvalue weighted by Gasteiger charge is 2.28. The number of oxime groups is 1. The van der Waals surface area contributed by atoms with Gasteiger partial charge in [-0.25, -0.2) is 4.79 Å². The van der Waals surface area contributed by atoms with Crippen LogP contribution in [0.4, 0.5) is 4.79 Å². The van der Waals surface area contributed by atoms with Gasteiger partial charge in [-0.15, -0.1) is 0 Å². The highest BCUT2D eigenvalue weighted by Crippen LogP contribution is 2.21. The van der Waals surface area contributed by atoms with Crippen LogP contribution in [0, 0.1) is 0 Å². The third-order valence-electron chi connectivity index (χ3n) is 4.37. The number of carbonyl (C=O) groups is 1. The van der Waals surface area contributed by atoms with Gasteiger partial charge in [0.2, 0.25) is 0 Å². The van der Waals surface area contributed by atoms with Crippen molar-refractivity contribution in [3.05, 3.63) is 69.7 Å². The second-order valence-corrected chi connectivity index (χ2v) is 9.04. The Hall–Kier alpha value is -2.24. The summed E-state index contributed by atoms with van der Waals surface area (Å²) in [7, 11) is 0. The van der Waals surface area contributed by atoms with Crippen molar-refractivity contribution >= 4 is 34.9 Å². The zero-order valence-corrected chi connectivity index (χ0v) is 18.3. The van der Waals surface area contributed by atoms with E-state index >= 15 is 0 Å². The third-order valence-corrected chi connectivity index (χ3v) is 4.85. The van der Waals surface area contributed by atoms with Gasteiger partial charge >= 0.3 is 6.03 Å². The Labute approximate surface area is 181 Å². The summed E-state index contributed by atoms with van der Waals surface area (Å²) >= 11 is 12.1. The van der Waals surface area contributed by atoms with Crippen LogP contribution in [0.5, 0.6) is 0 Å². The number of amides is 2. The topological polar surface area (TPSA) is 53.9 Å². The predicted molar refractivity (Wildman–Crippen MR) is 118 cm³/mol. The molecule has 0 aliphatic carbocycles. The number of nitrogens with one attached hydrogen (secondary N) is 1. The zero-order chi connectivity index (χ0) is 21.0. The van der Waals surface area contributed by atoms with E-state index in [1.165, 1.54) is 0 Å². The van der Waals surface area contributed by atoms with Gasteiger partial charge in [0.1, 0.15) is 0 Å². The second-order valence-electron chi connectivity index (χ2n) is 8.17. The Morgan fingerprint density at radius 3 is 2.55 bits per heavy atom. The molecule has 0 bridgehead atoms. The first-order valence-corrected chi connectivity index (χ1v) is 10.3. The van der Waals surface area contributed by atoms with Crippen LogP contribution < -0.4 is 5.32 Å². The van der Waals surface area contributed by atoms with Gasteiger partial charge in [-0.05, 0) is 56.2 Å². The molecule has 5 nitrogen and oxygen atoms in total. The third kappa shape index (κ3) is 6.38. The molecule has 2 amide bonds. The molecule has 0 spiro atoms. The first-order valence-electron chi connectivity index (χ1n) is 9.50. The molecule has 1 heterocycles. The Morgan fingerprint density at radius 1 is 1.17 bits per heavy atom. The average Bonchev–Trinajstić information content (AvgIpc) is 3.09. The molecule has 2 aromatic carbocycles. The van der Waals surface area contributed by atoms with Crippen LogP contribution in [0.15, 0.2) is 53.7 Å². The smallest absolute Gasteiger partial charge is 0.318 e. The van der Waals surface area contributed by atoms with Crippen molar-refractivity contribution in [3.63, 3.8) is 0 Å². The highest BCUT2D eigenvalue weighted by atomic mass is 35.5. The van der Waals surface area contributed by atoms with Gasteiger partial charge in [0.25, 0.3) is 0 Å². The summed E-state index contributed by atoms with van der Waals surface area (Å²) in [5, 5.41) is 8.56. The standard InChI is InChI=1S/C22H25Cl2N3O2/c1-22(2,3)25-21(28)27(13-15-5-4-6-18(24)11-15)14-19-12-20(26-29-19)16-7-9-17(23)10-8-16/h4-11,19H,12-14H2,1-3H3,(H,25,28)/t19-/m1/s1. The van der Waals surface area contributed by atoms with Crippen molar-refractivity contribution in [1.82, 2.24) is 10.2 Å². The summed E-state index contributed by atoms with van der Waals surface area (Å²) in [5.74, 6) is 0. The number of benzene rings is 2. The lowest BCUT2D eigenvalue weighted by Gasteiger charge is -2.29. The molecule has 1 aliphatic rings. The van der Waals surface area contributed by atoms with Crippen molar-refractivity contribution < 1.29 is 9.63 Å². The summed E-state index contributed by atoms with van der Waals surface area (Å²) in [6.07, 6.45) is 0.404. The predicted octanol–water partition coefficient (Wildman–Crippen LogP) is 5.50. The van der Waals surface area contributed by atoms with Crippen molar-refractivity contribution in [3.8, 4) is 0 Å². The summed E-state index contributed by atoms with van der Waals surface area (Å²) in [6, 6.07) is 14.9. The highest BCUT2D eigenvalue weighted by molar-refractivity contribution is 6.31. The van der Waals surface area contributed by atoms with Gasteiger partial charge in [-0.3, -0.25) is 0 Å². The maximum absolute atomic E-state index is 12.9. The molecule has 0 radical (unpaired) electrons. The zero-order valence-electron chi connectivity index (χ0n) is 16.8. The maximum Gasteiger partial charge on any atom is 0.318 e. The largest absolute Gasteiger partial charge is 0.390 e. The van der Waals surface area contributed by atoms with Gasteiger partial charge in [0.05, 0.1) is 12.3 Å². The molecule has 0 saturated carbocycles. The molecule has 1 N–H and O–H groups in total. The van der Waals surface area contributed by atoms with Crippen LogP contribution in [0.2, 0.25) is 10.0 Å². The fraction of sp³-hybridized carbons (Fsp3) is 0.364. The molecule has 0 aromatic heterocycles. The molecule has 3 rings (SSSR count). The quantitative estimate of drug-likeness (QED) is 0.676. The van der Waals surface area contributed by atoms with Crippen LogP contribution in [-0.2, 0) is 11.4 Å². The Morgan fingerprint density at radius 2 is 1.90 bits per heavy atom. The van der Waals surface area contributed by atoms with Crippen molar-refractivity contribution in [1.29, 1.82) is 0 Å². The Kier molecular flexibility index (Phi) is 6.70. The minimum atomic E-state index is -0.342. The van der Waals surface area contributed by atoms with Gasteiger partial charge in [0, 0.05) is 28.5 Å². The van der Waals surface area contributed by atoms with Crippen molar-refractivity contribution in [2.75, 3.05) is 6.54 Å². The van der Waals surface area contributed by atoms with Gasteiger partial charge in [-0.2, -0.15) is 0 Å². The van der Waals surface area contributed by atoms with Gasteiger partial charge < -0.3 is 15.1 Å². The molecule has 29 heavy (non-hydrogen) atoms. The molecular weight excluding hydrogens is 409 g/mol. The van der Waals surface area contributed by atoms with Crippen LogP contribution in [-0.4, -0.2) is 34.8 Å². The molecule has 1 atom stereocenters. The van der Waals surface area contributed by atoms with Crippen molar-refractivity contribution in [2.45, 2.75) is 45.4 Å². The lowest BCUT2D eigenvalue weighted by molar-refractivity contribution is 0.0580. The van der Waals surface area contributed by atoms with Crippen LogP contribution in [0.3, 0.4) is 0 Å². The lowest BCUT2D eigenvalue weighted by Crippen LogP contribution is -2.50. The number of hydrogen-bond acceptors (Lipinski definition) is 3. The second kappa shape index (κ2) is 9.06. The van der Waals surface area contributed by atoms with E-state index in [4.69, 9.17) is 28.0 Å². The first-order chi connectivity index (χ1) is 13.7. The van der Waals surface area contributed by atoms with E-state index in [1.807, 2.05) is 69.3 Å². The number of urea groups is 1. The van der Waals surface area contributed by atoms with Crippen LogP contribution in [0.25, 0.3) is 0 Å². The van der Waals surface area contributed by atoms with E-state index in [1.54, 1.807) is 4.90 Å². The van der Waals surface area contributed by atoms with E-state index in [2.05, 4.69) is 10.5 Å².